The Kier molecular flexibility index (Phi) is 15.8. The summed E-state index contributed by atoms with van der Waals surface area (Å²) in [6, 6.07) is 4.59. The molecule has 1 aromatic rings. The fourth-order valence-electron chi connectivity index (χ4n) is 5.26. The number of aliphatic hydroxyl groups excluding tert-OH is 1. The van der Waals surface area contributed by atoms with Crippen LogP contribution in [0, 0.1) is 11.8 Å². The Bertz CT molecular complexity index is 1100. The van der Waals surface area contributed by atoms with Crippen molar-refractivity contribution in [2.75, 3.05) is 27.3 Å². The van der Waals surface area contributed by atoms with E-state index in [1.54, 1.807) is 52.2 Å². The summed E-state index contributed by atoms with van der Waals surface area (Å²) in [6.45, 7) is 5.28. The second-order valence-corrected chi connectivity index (χ2v) is 14.1. The van der Waals surface area contributed by atoms with Gasteiger partial charge in [-0.05, 0) is 62.6 Å². The Balaban J connectivity index is 2.33. The third-order valence-electron chi connectivity index (χ3n) is 7.44. The lowest BCUT2D eigenvalue weighted by molar-refractivity contribution is -0.133. The molecule has 0 spiro atoms. The molecule has 0 aliphatic heterocycles. The first-order chi connectivity index (χ1) is 20.3. The molecule has 3 amide bonds. The quantitative estimate of drug-likeness (QED) is 0.153. The number of nitrogens with one attached hydrogen (secondary N) is 1. The normalized spacial score (nSPS) is 19.2. The first-order valence-corrected chi connectivity index (χ1v) is 17.2. The van der Waals surface area contributed by atoms with Crippen LogP contribution in [-0.2, 0) is 34.5 Å². The molecule has 1 fully saturated rings. The van der Waals surface area contributed by atoms with E-state index in [1.165, 1.54) is 4.90 Å². The van der Waals surface area contributed by atoms with E-state index in [-0.39, 0.29) is 44.5 Å². The molecule has 2 N–H and O–H groups in total. The zero-order chi connectivity index (χ0) is 32.2. The van der Waals surface area contributed by atoms with Crippen molar-refractivity contribution in [3.8, 4) is 0 Å². The number of alkyl carbamates (subject to hydrolysis) is 1. The van der Waals surface area contributed by atoms with Gasteiger partial charge in [-0.15, -0.1) is 0 Å². The number of thiol groups is 1. The fourth-order valence-corrected chi connectivity index (χ4v) is 7.77. The monoisotopic (exact) mass is 663 g/mol. The van der Waals surface area contributed by atoms with Crippen LogP contribution >= 0.6 is 32.0 Å². The van der Waals surface area contributed by atoms with Crippen molar-refractivity contribution < 1.29 is 37.8 Å². The van der Waals surface area contributed by atoms with Crippen LogP contribution < -0.4 is 5.32 Å². The molecule has 0 radical (unpaired) electrons. The number of aliphatic hydroxyl groups is 1. The van der Waals surface area contributed by atoms with Gasteiger partial charge in [-0.3, -0.25) is 18.5 Å². The zero-order valence-corrected chi connectivity index (χ0v) is 28.3. The smallest absolute Gasteiger partial charge is 0.408 e. The Labute approximate surface area is 266 Å². The Morgan fingerprint density at radius 1 is 1.19 bits per heavy atom. The van der Waals surface area contributed by atoms with E-state index >= 15 is 0 Å². The molecule has 0 aromatic heterocycles. The van der Waals surface area contributed by atoms with Gasteiger partial charge in [-0.1, -0.05) is 62.7 Å². The van der Waals surface area contributed by atoms with E-state index in [0.717, 1.165) is 30.0 Å². The van der Waals surface area contributed by atoms with Gasteiger partial charge in [0.1, 0.15) is 12.6 Å². The number of carbonyl (C=O) groups is 3. The van der Waals surface area contributed by atoms with Gasteiger partial charge in [0, 0.05) is 25.5 Å². The highest BCUT2D eigenvalue weighted by atomic mass is 35.5. The highest BCUT2D eigenvalue weighted by Gasteiger charge is 2.45. The summed E-state index contributed by atoms with van der Waals surface area (Å²) in [5.41, 5.74) is 0.679. The molecule has 0 saturated heterocycles. The van der Waals surface area contributed by atoms with Crippen molar-refractivity contribution in [2.45, 2.75) is 90.3 Å². The van der Waals surface area contributed by atoms with E-state index in [4.69, 9.17) is 25.4 Å². The highest BCUT2D eigenvalue weighted by Crippen LogP contribution is 2.54. The first-order valence-electron chi connectivity index (χ1n) is 14.8. The maximum absolute atomic E-state index is 14.0. The molecule has 4 unspecified atom stereocenters. The van der Waals surface area contributed by atoms with Crippen LogP contribution in [0.1, 0.15) is 71.3 Å². The number of amides is 3. The maximum Gasteiger partial charge on any atom is 0.408 e. The number of hydrogen-bond donors (Lipinski definition) is 3. The van der Waals surface area contributed by atoms with E-state index in [2.05, 4.69) is 25.1 Å². The van der Waals surface area contributed by atoms with Crippen LogP contribution in [-0.4, -0.2) is 77.5 Å². The standard InChI is InChI=1S/C29H47ClN3O8PS/c1-6-40-42(38,41-7-2)28(36)25(14-15-26(34)32(4)5)33(43)27(35)24(18-21-11-8-10-20(3)16-21)31-29(37)39-19-22-12-9-13-23(30)17-22/h9,12-13,17,20-21,24-25,28,36,43H,6-8,10-11,14-16,18-19H2,1-5H3,(H,31,37)/t20?,21?,24?,25-,28?/m0/s1. The van der Waals surface area contributed by atoms with Crippen LogP contribution in [0.2, 0.25) is 5.02 Å². The molecule has 11 nitrogen and oxygen atoms in total. The predicted octanol–water partition coefficient (Wildman–Crippen LogP) is 5.65. The molecule has 2 rings (SSSR count). The summed E-state index contributed by atoms with van der Waals surface area (Å²) >= 11 is 10.5. The van der Waals surface area contributed by atoms with E-state index < -0.39 is 37.5 Å². The minimum atomic E-state index is -4.13. The minimum absolute atomic E-state index is 0.0132. The molecule has 1 saturated carbocycles. The SMILES string of the molecule is CCOP(=O)(OCC)C(O)[C@H](CCC(=O)N(C)C)N(S)C(=O)C(CC1CCCC(C)C1)NC(=O)OCc1cccc(Cl)c1. The summed E-state index contributed by atoms with van der Waals surface area (Å²) in [7, 11) is -0.956. The van der Waals surface area contributed by atoms with Gasteiger partial charge in [-0.25, -0.2) is 4.79 Å². The predicted molar refractivity (Wildman–Crippen MR) is 169 cm³/mol. The van der Waals surface area contributed by atoms with Crippen molar-refractivity contribution in [1.29, 1.82) is 0 Å². The van der Waals surface area contributed by atoms with Crippen LogP contribution in [0.15, 0.2) is 24.3 Å². The van der Waals surface area contributed by atoms with Crippen molar-refractivity contribution in [1.82, 2.24) is 14.5 Å². The number of benzene rings is 1. The topological polar surface area (TPSA) is 135 Å². The van der Waals surface area contributed by atoms with Gasteiger partial charge in [-0.2, -0.15) is 0 Å². The summed E-state index contributed by atoms with van der Waals surface area (Å²) in [6.07, 6.45) is 3.26. The second kappa shape index (κ2) is 18.2. The first kappa shape index (κ1) is 37.4. The second-order valence-electron chi connectivity index (χ2n) is 11.1. The van der Waals surface area contributed by atoms with Crippen molar-refractivity contribution in [3.63, 3.8) is 0 Å². The molecule has 1 aliphatic rings. The molecular weight excluding hydrogens is 617 g/mol. The highest BCUT2D eigenvalue weighted by molar-refractivity contribution is 7.78. The van der Waals surface area contributed by atoms with E-state index in [0.29, 0.717) is 22.9 Å². The van der Waals surface area contributed by atoms with Crippen LogP contribution in [0.25, 0.3) is 0 Å². The average Bonchev–Trinajstić information content (AvgIpc) is 2.95. The number of halogens is 1. The summed E-state index contributed by atoms with van der Waals surface area (Å²) < 4.78 is 30.6. The fraction of sp³-hybridized carbons (Fsp3) is 0.690. The van der Waals surface area contributed by atoms with Gasteiger partial charge in [0.05, 0.1) is 19.3 Å². The van der Waals surface area contributed by atoms with Gasteiger partial charge in [0.15, 0.2) is 5.85 Å². The average molecular weight is 664 g/mol. The summed E-state index contributed by atoms with van der Waals surface area (Å²) in [5.74, 6) is -2.06. The van der Waals surface area contributed by atoms with E-state index in [1.807, 2.05) is 0 Å². The molecule has 1 aliphatic carbocycles. The third kappa shape index (κ3) is 11.9. The van der Waals surface area contributed by atoms with Crippen LogP contribution in [0.5, 0.6) is 0 Å². The van der Waals surface area contributed by atoms with Gasteiger partial charge in [0.25, 0.3) is 5.91 Å². The minimum Gasteiger partial charge on any atom is -0.445 e. The lowest BCUT2D eigenvalue weighted by Gasteiger charge is -2.36. The molecule has 1 aromatic carbocycles. The number of hydrogen-bond acceptors (Lipinski definition) is 9. The molecule has 14 heteroatoms. The van der Waals surface area contributed by atoms with Gasteiger partial charge >= 0.3 is 13.7 Å². The molecule has 0 heterocycles. The number of carbonyl (C=O) groups excluding carboxylic acids is 3. The van der Waals surface area contributed by atoms with Gasteiger partial charge < -0.3 is 29.1 Å². The Morgan fingerprint density at radius 2 is 1.86 bits per heavy atom. The van der Waals surface area contributed by atoms with Crippen molar-refractivity contribution in [3.05, 3.63) is 34.9 Å². The summed E-state index contributed by atoms with van der Waals surface area (Å²) in [4.78, 5) is 40.8. The molecule has 0 bridgehead atoms. The number of rotatable bonds is 16. The van der Waals surface area contributed by atoms with E-state index in [9.17, 15) is 24.1 Å². The number of nitrogens with zero attached hydrogens (tertiary/aromatic N) is 2. The lowest BCUT2D eigenvalue weighted by atomic mass is 9.79. The largest absolute Gasteiger partial charge is 0.445 e. The molecule has 244 valence electrons. The molecule has 43 heavy (non-hydrogen) atoms. The summed E-state index contributed by atoms with van der Waals surface area (Å²) in [5, 5.41) is 14.5. The third-order valence-corrected chi connectivity index (χ3v) is 10.4. The lowest BCUT2D eigenvalue weighted by Crippen LogP contribution is -2.52. The van der Waals surface area contributed by atoms with Crippen LogP contribution in [0.3, 0.4) is 0 Å². The van der Waals surface area contributed by atoms with Crippen molar-refractivity contribution >= 4 is 49.9 Å². The maximum atomic E-state index is 14.0. The Hall–Kier alpha value is -1.82. The van der Waals surface area contributed by atoms with Crippen LogP contribution in [0.4, 0.5) is 4.79 Å². The zero-order valence-electron chi connectivity index (χ0n) is 25.7. The Morgan fingerprint density at radius 3 is 2.44 bits per heavy atom. The van der Waals surface area contributed by atoms with Gasteiger partial charge in [0.2, 0.25) is 5.91 Å². The van der Waals surface area contributed by atoms with Crippen molar-refractivity contribution in [2.24, 2.45) is 11.8 Å². The molecular formula is C29H47ClN3O8PS. The molecule has 5 atom stereocenters. The number of ether oxygens (including phenoxy) is 1.